The first-order valence-corrected chi connectivity index (χ1v) is 6.96. The molecule has 1 aromatic rings. The molecule has 5 nitrogen and oxygen atoms in total. The van der Waals surface area contributed by atoms with Gasteiger partial charge in [-0.05, 0) is 6.07 Å². The summed E-state index contributed by atoms with van der Waals surface area (Å²) >= 11 is 0. The maximum atomic E-state index is 11.2. The van der Waals surface area contributed by atoms with Crippen molar-refractivity contribution in [3.63, 3.8) is 0 Å². The minimum Gasteiger partial charge on any atom is -0.387 e. The van der Waals surface area contributed by atoms with Gasteiger partial charge in [0, 0.05) is 19.3 Å². The molecule has 0 aliphatic carbocycles. The number of nitrogens with zero attached hydrogens (tertiary/aromatic N) is 1. The molecule has 1 aromatic heterocycles. The molecular formula is C10H17N3O2S. The van der Waals surface area contributed by atoms with Crippen molar-refractivity contribution in [2.45, 2.75) is 6.92 Å². The van der Waals surface area contributed by atoms with Crippen LogP contribution in [0.4, 0.5) is 11.4 Å². The molecular weight excluding hydrogens is 226 g/mol. The van der Waals surface area contributed by atoms with Crippen LogP contribution in [0.25, 0.3) is 0 Å². The Kier molecular flexibility index (Phi) is 4.54. The average molecular weight is 243 g/mol. The number of anilines is 2. The Morgan fingerprint density at radius 2 is 2.00 bits per heavy atom. The molecule has 0 aliphatic heterocycles. The zero-order valence-electron chi connectivity index (χ0n) is 9.53. The van der Waals surface area contributed by atoms with Crippen LogP contribution in [-0.4, -0.2) is 38.5 Å². The van der Waals surface area contributed by atoms with E-state index in [9.17, 15) is 8.42 Å². The summed E-state index contributed by atoms with van der Waals surface area (Å²) in [7, 11) is -1.10. The first-order chi connectivity index (χ1) is 7.57. The lowest BCUT2D eigenvalue weighted by atomic mass is 10.3. The number of sulfone groups is 1. The molecule has 16 heavy (non-hydrogen) atoms. The summed E-state index contributed by atoms with van der Waals surface area (Å²) < 4.78 is 22.5. The molecule has 0 aliphatic rings. The first-order valence-electron chi connectivity index (χ1n) is 5.14. The Morgan fingerprint density at radius 3 is 2.62 bits per heavy atom. The second-order valence-corrected chi connectivity index (χ2v) is 5.85. The van der Waals surface area contributed by atoms with Crippen molar-refractivity contribution in [2.75, 3.05) is 35.7 Å². The highest BCUT2D eigenvalue weighted by Gasteiger charge is 2.06. The molecule has 0 spiro atoms. The Morgan fingerprint density at radius 1 is 1.31 bits per heavy atom. The molecule has 0 saturated heterocycles. The lowest BCUT2D eigenvalue weighted by molar-refractivity contribution is 0.597. The summed E-state index contributed by atoms with van der Waals surface area (Å²) in [6, 6.07) is 1.88. The van der Waals surface area contributed by atoms with Crippen molar-refractivity contribution in [1.29, 1.82) is 0 Å². The van der Waals surface area contributed by atoms with Crippen LogP contribution in [0.15, 0.2) is 18.5 Å². The molecule has 0 radical (unpaired) electrons. The average Bonchev–Trinajstić information content (AvgIpc) is 2.29. The second kappa shape index (κ2) is 5.69. The van der Waals surface area contributed by atoms with Gasteiger partial charge in [-0.3, -0.25) is 4.98 Å². The fourth-order valence-electron chi connectivity index (χ4n) is 1.17. The quantitative estimate of drug-likeness (QED) is 0.779. The van der Waals surface area contributed by atoms with Crippen LogP contribution in [0.2, 0.25) is 0 Å². The van der Waals surface area contributed by atoms with Crippen LogP contribution < -0.4 is 10.6 Å². The van der Waals surface area contributed by atoms with E-state index in [-0.39, 0.29) is 11.5 Å². The van der Waals surface area contributed by atoms with Crippen molar-refractivity contribution in [3.05, 3.63) is 18.5 Å². The van der Waals surface area contributed by atoms with Crippen molar-refractivity contribution in [2.24, 2.45) is 0 Å². The number of nitrogens with one attached hydrogen (secondary N) is 2. The molecule has 90 valence electrons. The molecule has 0 amide bonds. The Labute approximate surface area is 96.2 Å². The zero-order chi connectivity index (χ0) is 12.0. The summed E-state index contributed by atoms with van der Waals surface area (Å²) in [5.41, 5.74) is 1.71. The van der Waals surface area contributed by atoms with Gasteiger partial charge in [-0.25, -0.2) is 8.42 Å². The van der Waals surface area contributed by atoms with Gasteiger partial charge in [0.05, 0.1) is 29.5 Å². The molecule has 0 fully saturated rings. The number of aromatic nitrogens is 1. The first kappa shape index (κ1) is 12.8. The highest BCUT2D eigenvalue weighted by atomic mass is 32.2. The van der Waals surface area contributed by atoms with E-state index in [4.69, 9.17) is 0 Å². The minimum absolute atomic E-state index is 0.146. The van der Waals surface area contributed by atoms with E-state index in [2.05, 4.69) is 15.6 Å². The van der Waals surface area contributed by atoms with Gasteiger partial charge < -0.3 is 10.6 Å². The van der Waals surface area contributed by atoms with Crippen molar-refractivity contribution >= 4 is 21.2 Å². The van der Waals surface area contributed by atoms with E-state index >= 15 is 0 Å². The molecule has 6 heteroatoms. The number of hydrogen-bond acceptors (Lipinski definition) is 5. The molecule has 0 bridgehead atoms. The van der Waals surface area contributed by atoms with Gasteiger partial charge in [0.1, 0.15) is 0 Å². The van der Waals surface area contributed by atoms with Crippen molar-refractivity contribution < 1.29 is 8.42 Å². The largest absolute Gasteiger partial charge is 0.387 e. The Bertz CT molecular complexity index is 431. The molecule has 1 rings (SSSR count). The summed E-state index contributed by atoms with van der Waals surface area (Å²) in [6.07, 6.45) is 3.37. The summed E-state index contributed by atoms with van der Waals surface area (Å²) in [4.78, 5) is 4.02. The molecule has 1 heterocycles. The van der Waals surface area contributed by atoms with Crippen molar-refractivity contribution in [1.82, 2.24) is 4.98 Å². The molecule has 0 saturated carbocycles. The standard InChI is InChI=1S/C10H17N3O2S/c1-3-16(14,15)5-4-13-10-6-9(11-2)7-12-8-10/h6-8,11,13H,3-5H2,1-2H3. The lowest BCUT2D eigenvalue weighted by Crippen LogP contribution is -2.17. The number of pyridine rings is 1. The Hall–Kier alpha value is -1.30. The predicted octanol–water partition coefficient (Wildman–Crippen LogP) is 0.970. The molecule has 0 atom stereocenters. The van der Waals surface area contributed by atoms with E-state index in [0.29, 0.717) is 6.54 Å². The molecule has 0 aromatic carbocycles. The maximum absolute atomic E-state index is 11.2. The maximum Gasteiger partial charge on any atom is 0.151 e. The van der Waals surface area contributed by atoms with Gasteiger partial charge >= 0.3 is 0 Å². The van der Waals surface area contributed by atoms with Crippen LogP contribution in [-0.2, 0) is 9.84 Å². The van der Waals surface area contributed by atoms with Crippen LogP contribution in [0.1, 0.15) is 6.92 Å². The van der Waals surface area contributed by atoms with Crippen molar-refractivity contribution in [3.8, 4) is 0 Å². The Balaban J connectivity index is 2.49. The fourth-order valence-corrected chi connectivity index (χ4v) is 1.87. The summed E-state index contributed by atoms with van der Waals surface area (Å²) in [6.45, 7) is 2.06. The SMILES string of the molecule is CCS(=O)(=O)CCNc1cncc(NC)c1. The third kappa shape index (κ3) is 4.06. The van der Waals surface area contributed by atoms with Gasteiger partial charge in [-0.2, -0.15) is 0 Å². The van der Waals surface area contributed by atoms with Gasteiger partial charge in [-0.1, -0.05) is 6.92 Å². The summed E-state index contributed by atoms with van der Waals surface area (Å²) in [5, 5.41) is 5.99. The van der Waals surface area contributed by atoms with Gasteiger partial charge in [0.15, 0.2) is 9.84 Å². The van der Waals surface area contributed by atoms with E-state index in [1.165, 1.54) is 0 Å². The minimum atomic E-state index is -2.90. The number of rotatable bonds is 6. The van der Waals surface area contributed by atoms with Gasteiger partial charge in [0.2, 0.25) is 0 Å². The monoisotopic (exact) mass is 243 g/mol. The van der Waals surface area contributed by atoms with E-state index in [1.54, 1.807) is 19.3 Å². The lowest BCUT2D eigenvalue weighted by Gasteiger charge is -2.07. The third-order valence-corrected chi connectivity index (χ3v) is 3.91. The number of hydrogen-bond donors (Lipinski definition) is 2. The molecule has 0 unspecified atom stereocenters. The van der Waals surface area contributed by atoms with Crippen LogP contribution in [0.3, 0.4) is 0 Å². The molecule has 2 N–H and O–H groups in total. The van der Waals surface area contributed by atoms with E-state index in [1.807, 2.05) is 13.1 Å². The highest BCUT2D eigenvalue weighted by molar-refractivity contribution is 7.91. The second-order valence-electron chi connectivity index (χ2n) is 3.38. The van der Waals surface area contributed by atoms with Crippen LogP contribution in [0.5, 0.6) is 0 Å². The topological polar surface area (TPSA) is 71.1 Å². The van der Waals surface area contributed by atoms with Crippen LogP contribution >= 0.6 is 0 Å². The normalized spacial score (nSPS) is 11.1. The smallest absolute Gasteiger partial charge is 0.151 e. The van der Waals surface area contributed by atoms with E-state index < -0.39 is 9.84 Å². The highest BCUT2D eigenvalue weighted by Crippen LogP contribution is 2.11. The van der Waals surface area contributed by atoms with Gasteiger partial charge in [0.25, 0.3) is 0 Å². The predicted molar refractivity (Wildman–Crippen MR) is 66.6 cm³/mol. The van der Waals surface area contributed by atoms with Crippen LogP contribution in [0, 0.1) is 0 Å². The summed E-state index contributed by atoms with van der Waals surface area (Å²) in [5.74, 6) is 0.330. The third-order valence-electron chi connectivity index (χ3n) is 2.21. The van der Waals surface area contributed by atoms with E-state index in [0.717, 1.165) is 11.4 Å². The zero-order valence-corrected chi connectivity index (χ0v) is 10.3. The fraction of sp³-hybridized carbons (Fsp3) is 0.500. The van der Waals surface area contributed by atoms with Gasteiger partial charge in [-0.15, -0.1) is 0 Å².